The van der Waals surface area contributed by atoms with Crippen molar-refractivity contribution in [1.82, 2.24) is 14.9 Å². The quantitative estimate of drug-likeness (QED) is 0.859. The molecule has 0 spiro atoms. The largest absolute Gasteiger partial charge is 0.499 e. The van der Waals surface area contributed by atoms with Crippen LogP contribution in [0.4, 0.5) is 5.82 Å². The van der Waals surface area contributed by atoms with Crippen molar-refractivity contribution in [3.63, 3.8) is 0 Å². The average molecular weight is 330 g/mol. The van der Waals surface area contributed by atoms with E-state index in [1.54, 1.807) is 11.1 Å². The Balaban J connectivity index is 1.74. The van der Waals surface area contributed by atoms with E-state index in [2.05, 4.69) is 15.3 Å². The fourth-order valence-electron chi connectivity index (χ4n) is 3.41. The molecule has 128 valence electrons. The normalized spacial score (nSPS) is 19.3. The summed E-state index contributed by atoms with van der Waals surface area (Å²) in [5.41, 5.74) is 0. The average Bonchev–Trinajstić information content (AvgIpc) is 3.23. The van der Waals surface area contributed by atoms with Gasteiger partial charge in [-0.15, -0.1) is 0 Å². The number of nitrogens with zero attached hydrogens (tertiary/aromatic N) is 3. The van der Waals surface area contributed by atoms with E-state index in [-0.39, 0.29) is 11.8 Å². The van der Waals surface area contributed by atoms with Crippen LogP contribution in [0.3, 0.4) is 0 Å². The van der Waals surface area contributed by atoms with E-state index in [0.717, 1.165) is 12.8 Å². The summed E-state index contributed by atoms with van der Waals surface area (Å²) in [5, 5.41) is 2.78. The van der Waals surface area contributed by atoms with Crippen LogP contribution in [0.15, 0.2) is 30.4 Å². The maximum absolute atomic E-state index is 12.8. The van der Waals surface area contributed by atoms with E-state index in [9.17, 15) is 9.59 Å². The van der Waals surface area contributed by atoms with E-state index in [0.29, 0.717) is 30.5 Å². The highest BCUT2D eigenvalue weighted by Gasteiger charge is 2.36. The zero-order chi connectivity index (χ0) is 16.9. The molecule has 1 atom stereocenters. The Kier molecular flexibility index (Phi) is 5.08. The van der Waals surface area contributed by atoms with Crippen molar-refractivity contribution in [1.29, 1.82) is 0 Å². The van der Waals surface area contributed by atoms with Crippen LogP contribution in [0.25, 0.3) is 0 Å². The molecule has 0 unspecified atom stereocenters. The van der Waals surface area contributed by atoms with Gasteiger partial charge >= 0.3 is 0 Å². The van der Waals surface area contributed by atoms with Crippen molar-refractivity contribution in [2.24, 2.45) is 5.92 Å². The molecule has 1 N–H and O–H groups in total. The number of ether oxygens (including phenoxy) is 1. The SMILES string of the molecule is COC1=CC(=O)N([C@@H](CC2CCCC2)C(=O)Nc2cnccn2)C1. The molecule has 1 aliphatic carbocycles. The Labute approximate surface area is 141 Å². The topological polar surface area (TPSA) is 84.4 Å². The first-order chi connectivity index (χ1) is 11.7. The molecular weight excluding hydrogens is 308 g/mol. The van der Waals surface area contributed by atoms with Gasteiger partial charge in [0.1, 0.15) is 11.8 Å². The Bertz CT molecular complexity index is 626. The van der Waals surface area contributed by atoms with Crippen LogP contribution >= 0.6 is 0 Å². The standard InChI is InChI=1S/C17H22N4O3/c1-24-13-9-16(22)21(11-13)14(8-12-4-2-3-5-12)17(23)20-15-10-18-6-7-19-15/h6-7,9-10,12,14H,2-5,8,11H2,1H3,(H,19,20,23)/t14-/m0/s1. The van der Waals surface area contributed by atoms with E-state index in [1.165, 1.54) is 38.4 Å². The van der Waals surface area contributed by atoms with Gasteiger partial charge in [0.05, 0.1) is 19.9 Å². The van der Waals surface area contributed by atoms with E-state index >= 15 is 0 Å². The van der Waals surface area contributed by atoms with E-state index in [4.69, 9.17) is 4.74 Å². The van der Waals surface area contributed by atoms with Crippen molar-refractivity contribution in [3.8, 4) is 0 Å². The van der Waals surface area contributed by atoms with Gasteiger partial charge in [-0.05, 0) is 12.3 Å². The number of hydrogen-bond donors (Lipinski definition) is 1. The first-order valence-electron chi connectivity index (χ1n) is 8.29. The highest BCUT2D eigenvalue weighted by molar-refractivity contribution is 5.99. The molecule has 1 aliphatic heterocycles. The smallest absolute Gasteiger partial charge is 0.251 e. The fourth-order valence-corrected chi connectivity index (χ4v) is 3.41. The summed E-state index contributed by atoms with van der Waals surface area (Å²) in [6.45, 7) is 0.334. The Morgan fingerprint density at radius 3 is 2.83 bits per heavy atom. The minimum absolute atomic E-state index is 0.177. The second kappa shape index (κ2) is 7.42. The van der Waals surface area contributed by atoms with Gasteiger partial charge in [0.15, 0.2) is 5.82 Å². The summed E-state index contributed by atoms with van der Waals surface area (Å²) < 4.78 is 5.17. The van der Waals surface area contributed by atoms with Crippen molar-refractivity contribution >= 4 is 17.6 Å². The minimum atomic E-state index is -0.522. The number of hydrogen-bond acceptors (Lipinski definition) is 5. The van der Waals surface area contributed by atoms with E-state index in [1.807, 2.05) is 0 Å². The number of methoxy groups -OCH3 is 1. The molecule has 7 nitrogen and oxygen atoms in total. The zero-order valence-electron chi connectivity index (χ0n) is 13.8. The third-order valence-corrected chi connectivity index (χ3v) is 4.68. The van der Waals surface area contributed by atoms with Gasteiger partial charge in [0.2, 0.25) is 5.91 Å². The van der Waals surface area contributed by atoms with Gasteiger partial charge in [-0.2, -0.15) is 0 Å². The lowest BCUT2D eigenvalue weighted by molar-refractivity contribution is -0.134. The third-order valence-electron chi connectivity index (χ3n) is 4.68. The lowest BCUT2D eigenvalue weighted by Gasteiger charge is -2.29. The lowest BCUT2D eigenvalue weighted by Crippen LogP contribution is -2.46. The van der Waals surface area contributed by atoms with Gasteiger partial charge in [-0.3, -0.25) is 14.6 Å². The summed E-state index contributed by atoms with van der Waals surface area (Å²) in [5.74, 6) is 1.06. The number of rotatable bonds is 6. The number of carbonyl (C=O) groups is 2. The monoisotopic (exact) mass is 330 g/mol. The summed E-state index contributed by atoms with van der Waals surface area (Å²) >= 11 is 0. The zero-order valence-corrected chi connectivity index (χ0v) is 13.8. The predicted octanol–water partition coefficient (Wildman–Crippen LogP) is 1.74. The Hall–Kier alpha value is -2.44. The lowest BCUT2D eigenvalue weighted by atomic mass is 9.97. The molecule has 0 bridgehead atoms. The first kappa shape index (κ1) is 16.4. The minimum Gasteiger partial charge on any atom is -0.499 e. The summed E-state index contributed by atoms with van der Waals surface area (Å²) in [6, 6.07) is -0.522. The van der Waals surface area contributed by atoms with Crippen molar-refractivity contribution < 1.29 is 14.3 Å². The van der Waals surface area contributed by atoms with Gasteiger partial charge in [-0.25, -0.2) is 4.98 Å². The molecule has 2 heterocycles. The molecule has 0 radical (unpaired) electrons. The molecular formula is C17H22N4O3. The first-order valence-corrected chi connectivity index (χ1v) is 8.29. The van der Waals surface area contributed by atoms with Crippen molar-refractivity contribution in [2.45, 2.75) is 38.1 Å². The summed E-state index contributed by atoms with van der Waals surface area (Å²) in [6.07, 6.45) is 11.3. The molecule has 2 aliphatic rings. The van der Waals surface area contributed by atoms with Gasteiger partial charge in [0.25, 0.3) is 5.91 Å². The molecule has 7 heteroatoms. The maximum atomic E-state index is 12.8. The van der Waals surface area contributed by atoms with Gasteiger partial charge in [0, 0.05) is 18.5 Å². The molecule has 1 aromatic rings. The fraction of sp³-hybridized carbons (Fsp3) is 0.529. The number of amides is 2. The van der Waals surface area contributed by atoms with Crippen LogP contribution < -0.4 is 5.32 Å². The Morgan fingerprint density at radius 1 is 1.42 bits per heavy atom. The maximum Gasteiger partial charge on any atom is 0.251 e. The molecule has 1 fully saturated rings. The highest BCUT2D eigenvalue weighted by atomic mass is 16.5. The molecule has 2 amide bonds. The van der Waals surface area contributed by atoms with Crippen molar-refractivity contribution in [2.75, 3.05) is 19.0 Å². The number of carbonyl (C=O) groups excluding carboxylic acids is 2. The highest BCUT2D eigenvalue weighted by Crippen LogP contribution is 2.31. The predicted molar refractivity (Wildman–Crippen MR) is 87.8 cm³/mol. The third kappa shape index (κ3) is 3.72. The molecule has 1 aromatic heterocycles. The van der Waals surface area contributed by atoms with Crippen LogP contribution in [0, 0.1) is 5.92 Å². The van der Waals surface area contributed by atoms with Gasteiger partial charge in [-0.1, -0.05) is 25.7 Å². The molecule has 0 aromatic carbocycles. The molecule has 0 saturated heterocycles. The van der Waals surface area contributed by atoms with Crippen LogP contribution in [0.1, 0.15) is 32.1 Å². The number of nitrogens with one attached hydrogen (secondary N) is 1. The van der Waals surface area contributed by atoms with Crippen molar-refractivity contribution in [3.05, 3.63) is 30.4 Å². The number of aromatic nitrogens is 2. The van der Waals surface area contributed by atoms with Crippen LogP contribution in [0.5, 0.6) is 0 Å². The molecule has 3 rings (SSSR count). The molecule has 24 heavy (non-hydrogen) atoms. The second-order valence-electron chi connectivity index (χ2n) is 6.26. The van der Waals surface area contributed by atoms with Crippen LogP contribution in [-0.2, 0) is 14.3 Å². The molecule has 1 saturated carbocycles. The number of anilines is 1. The van der Waals surface area contributed by atoms with E-state index < -0.39 is 6.04 Å². The second-order valence-corrected chi connectivity index (χ2v) is 6.26. The summed E-state index contributed by atoms with van der Waals surface area (Å²) in [7, 11) is 1.54. The van der Waals surface area contributed by atoms with Gasteiger partial charge < -0.3 is 15.0 Å². The van der Waals surface area contributed by atoms with Crippen LogP contribution in [-0.4, -0.2) is 46.4 Å². The summed E-state index contributed by atoms with van der Waals surface area (Å²) in [4.78, 5) is 34.7. The van der Waals surface area contributed by atoms with Crippen LogP contribution in [0.2, 0.25) is 0 Å². The Morgan fingerprint density at radius 2 is 2.21 bits per heavy atom.